The third-order valence-corrected chi connectivity index (χ3v) is 2.77. The molecular weight excluding hydrogens is 233 g/mol. The van der Waals surface area contributed by atoms with Crippen LogP contribution in [0, 0.1) is 0 Å². The first-order chi connectivity index (χ1) is 7.22. The maximum atomic E-state index is 6.07. The molecule has 1 heterocycles. The molecule has 0 aliphatic carbocycles. The minimum Gasteiger partial charge on any atom is -0.361 e. The lowest BCUT2D eigenvalue weighted by Crippen LogP contribution is -2.00. The maximum Gasteiger partial charge on any atom is 0.122 e. The largest absolute Gasteiger partial charge is 0.361 e. The van der Waals surface area contributed by atoms with Crippen LogP contribution in [0.3, 0.4) is 0 Å². The summed E-state index contributed by atoms with van der Waals surface area (Å²) in [5.41, 5.74) is 1.00. The summed E-state index contributed by atoms with van der Waals surface area (Å²) < 4.78 is 7.33. The molecule has 0 amide bonds. The predicted octanol–water partition coefficient (Wildman–Crippen LogP) is 3.94. The number of nitrogens with zero attached hydrogens (tertiary/aromatic N) is 1. The minimum absolute atomic E-state index is 0.524. The quantitative estimate of drug-likeness (QED) is 0.797. The van der Waals surface area contributed by atoms with E-state index in [4.69, 9.17) is 27.9 Å². The molecule has 0 spiro atoms. The summed E-state index contributed by atoms with van der Waals surface area (Å²) in [6, 6.07) is 5.60. The topological polar surface area (TPSA) is 14.2 Å². The summed E-state index contributed by atoms with van der Waals surface area (Å²) in [6.07, 6.45) is 1.95. The normalized spacial score (nSPS) is 11.1. The monoisotopic (exact) mass is 243 g/mol. The van der Waals surface area contributed by atoms with Crippen molar-refractivity contribution in [1.82, 2.24) is 4.57 Å². The van der Waals surface area contributed by atoms with Crippen molar-refractivity contribution >= 4 is 34.1 Å². The van der Waals surface area contributed by atoms with E-state index in [1.165, 1.54) is 0 Å². The fourth-order valence-electron chi connectivity index (χ4n) is 1.52. The van der Waals surface area contributed by atoms with Gasteiger partial charge in [0.15, 0.2) is 0 Å². The van der Waals surface area contributed by atoms with E-state index < -0.39 is 0 Å². The van der Waals surface area contributed by atoms with Gasteiger partial charge in [-0.05, 0) is 25.1 Å². The Morgan fingerprint density at radius 2 is 2.13 bits per heavy atom. The van der Waals surface area contributed by atoms with Crippen LogP contribution in [0.1, 0.15) is 6.92 Å². The Morgan fingerprint density at radius 1 is 1.33 bits per heavy atom. The second kappa shape index (κ2) is 4.44. The fraction of sp³-hybridized carbons (Fsp3) is 0.273. The van der Waals surface area contributed by atoms with Gasteiger partial charge in [0, 0.05) is 23.2 Å². The molecule has 2 aromatic rings. The number of rotatable bonds is 3. The average molecular weight is 244 g/mol. The van der Waals surface area contributed by atoms with E-state index in [1.807, 2.05) is 29.8 Å². The Kier molecular flexibility index (Phi) is 3.19. The Labute approximate surface area is 98.3 Å². The number of benzene rings is 1. The zero-order valence-electron chi connectivity index (χ0n) is 8.34. The van der Waals surface area contributed by atoms with Crippen molar-refractivity contribution in [3.63, 3.8) is 0 Å². The van der Waals surface area contributed by atoms with Gasteiger partial charge in [0.2, 0.25) is 0 Å². The molecule has 0 atom stereocenters. The van der Waals surface area contributed by atoms with Crippen molar-refractivity contribution in [2.75, 3.05) is 6.61 Å². The van der Waals surface area contributed by atoms with E-state index in [0.29, 0.717) is 23.4 Å². The van der Waals surface area contributed by atoms with Gasteiger partial charge in [-0.15, -0.1) is 0 Å². The van der Waals surface area contributed by atoms with E-state index >= 15 is 0 Å². The molecule has 0 N–H and O–H groups in total. The lowest BCUT2D eigenvalue weighted by Gasteiger charge is -2.05. The van der Waals surface area contributed by atoms with Crippen molar-refractivity contribution in [2.24, 2.45) is 0 Å². The van der Waals surface area contributed by atoms with Gasteiger partial charge in [0.05, 0.1) is 10.5 Å². The van der Waals surface area contributed by atoms with Crippen molar-refractivity contribution in [3.05, 3.63) is 34.4 Å². The van der Waals surface area contributed by atoms with Crippen molar-refractivity contribution in [3.8, 4) is 0 Å². The Hall–Kier alpha value is -0.700. The smallest absolute Gasteiger partial charge is 0.122 e. The van der Waals surface area contributed by atoms with Crippen LogP contribution in [0.15, 0.2) is 24.4 Å². The summed E-state index contributed by atoms with van der Waals surface area (Å²) >= 11 is 12.0. The van der Waals surface area contributed by atoms with Crippen LogP contribution in [0.2, 0.25) is 10.0 Å². The van der Waals surface area contributed by atoms with Gasteiger partial charge in [-0.1, -0.05) is 23.2 Å². The molecule has 4 heteroatoms. The molecule has 0 aliphatic rings. The molecule has 0 unspecified atom stereocenters. The molecule has 0 aliphatic heterocycles. The Morgan fingerprint density at radius 3 is 2.87 bits per heavy atom. The lowest BCUT2D eigenvalue weighted by molar-refractivity contribution is 0.0909. The summed E-state index contributed by atoms with van der Waals surface area (Å²) in [5.74, 6) is 0. The van der Waals surface area contributed by atoms with Gasteiger partial charge in [-0.2, -0.15) is 0 Å². The molecule has 1 aromatic carbocycles. The minimum atomic E-state index is 0.524. The standard InChI is InChI=1S/C11H11Cl2NO/c1-2-15-7-14-4-3-9-10(13)5-8(12)6-11(9)14/h3-6H,2,7H2,1H3. The van der Waals surface area contributed by atoms with Crippen LogP contribution in [0.5, 0.6) is 0 Å². The second-order valence-electron chi connectivity index (χ2n) is 3.23. The second-order valence-corrected chi connectivity index (χ2v) is 4.07. The Bertz CT molecular complexity index is 479. The molecule has 2 nitrogen and oxygen atoms in total. The van der Waals surface area contributed by atoms with Crippen LogP contribution in [-0.2, 0) is 11.5 Å². The molecule has 0 radical (unpaired) electrons. The number of hydrogen-bond acceptors (Lipinski definition) is 1. The highest BCUT2D eigenvalue weighted by Crippen LogP contribution is 2.28. The van der Waals surface area contributed by atoms with E-state index in [-0.39, 0.29) is 0 Å². The molecule has 1 aromatic heterocycles. The molecular formula is C11H11Cl2NO. The first-order valence-electron chi connectivity index (χ1n) is 4.74. The molecule has 2 rings (SSSR count). The zero-order chi connectivity index (χ0) is 10.8. The van der Waals surface area contributed by atoms with Crippen LogP contribution in [-0.4, -0.2) is 11.2 Å². The first kappa shape index (κ1) is 10.8. The summed E-state index contributed by atoms with van der Waals surface area (Å²) in [7, 11) is 0. The molecule has 0 saturated heterocycles. The SMILES string of the molecule is CCOCn1ccc2c(Cl)cc(Cl)cc21. The average Bonchev–Trinajstić information content (AvgIpc) is 2.58. The zero-order valence-corrected chi connectivity index (χ0v) is 9.85. The highest BCUT2D eigenvalue weighted by molar-refractivity contribution is 6.38. The van der Waals surface area contributed by atoms with E-state index in [0.717, 1.165) is 10.9 Å². The van der Waals surface area contributed by atoms with E-state index in [2.05, 4.69) is 0 Å². The maximum absolute atomic E-state index is 6.07. The van der Waals surface area contributed by atoms with Gasteiger partial charge in [0.25, 0.3) is 0 Å². The summed E-state index contributed by atoms with van der Waals surface area (Å²) in [5, 5.41) is 2.32. The highest BCUT2D eigenvalue weighted by atomic mass is 35.5. The molecule has 80 valence electrons. The molecule has 0 bridgehead atoms. The van der Waals surface area contributed by atoms with Gasteiger partial charge in [0.1, 0.15) is 6.73 Å². The van der Waals surface area contributed by atoms with Crippen LogP contribution < -0.4 is 0 Å². The number of ether oxygens (including phenoxy) is 1. The van der Waals surface area contributed by atoms with Gasteiger partial charge in [-0.3, -0.25) is 0 Å². The Balaban J connectivity index is 2.49. The number of aromatic nitrogens is 1. The van der Waals surface area contributed by atoms with Crippen molar-refractivity contribution in [2.45, 2.75) is 13.7 Å². The number of halogens is 2. The summed E-state index contributed by atoms with van der Waals surface area (Å²) in [4.78, 5) is 0. The molecule has 15 heavy (non-hydrogen) atoms. The third kappa shape index (κ3) is 2.12. The molecule has 0 fully saturated rings. The number of hydrogen-bond donors (Lipinski definition) is 0. The van der Waals surface area contributed by atoms with Gasteiger partial charge < -0.3 is 9.30 Å². The predicted molar refractivity (Wildman–Crippen MR) is 63.6 cm³/mol. The van der Waals surface area contributed by atoms with Crippen LogP contribution in [0.25, 0.3) is 10.9 Å². The number of fused-ring (bicyclic) bond motifs is 1. The van der Waals surface area contributed by atoms with Crippen LogP contribution >= 0.6 is 23.2 Å². The molecule has 0 saturated carbocycles. The van der Waals surface area contributed by atoms with E-state index in [9.17, 15) is 0 Å². The van der Waals surface area contributed by atoms with Gasteiger partial charge in [-0.25, -0.2) is 0 Å². The highest BCUT2D eigenvalue weighted by Gasteiger charge is 2.05. The van der Waals surface area contributed by atoms with Crippen molar-refractivity contribution < 1.29 is 4.74 Å². The van der Waals surface area contributed by atoms with Crippen LogP contribution in [0.4, 0.5) is 0 Å². The van der Waals surface area contributed by atoms with Gasteiger partial charge >= 0.3 is 0 Å². The lowest BCUT2D eigenvalue weighted by atomic mass is 10.2. The summed E-state index contributed by atoms with van der Waals surface area (Å²) in [6.45, 7) is 3.18. The third-order valence-electron chi connectivity index (χ3n) is 2.24. The van der Waals surface area contributed by atoms with E-state index in [1.54, 1.807) is 6.07 Å². The van der Waals surface area contributed by atoms with Crippen molar-refractivity contribution in [1.29, 1.82) is 0 Å². The fourth-order valence-corrected chi connectivity index (χ4v) is 2.07. The first-order valence-corrected chi connectivity index (χ1v) is 5.49.